The van der Waals surface area contributed by atoms with Gasteiger partial charge in [-0.2, -0.15) is 0 Å². The minimum absolute atomic E-state index is 0.147. The van der Waals surface area contributed by atoms with Crippen molar-refractivity contribution in [3.05, 3.63) is 35.1 Å². The summed E-state index contributed by atoms with van der Waals surface area (Å²) >= 11 is 0. The van der Waals surface area contributed by atoms with Gasteiger partial charge in [-0.15, -0.1) is 0 Å². The number of hydrogen-bond acceptors (Lipinski definition) is 1. The molecule has 1 rings (SSSR count). The Morgan fingerprint density at radius 1 is 1.20 bits per heavy atom. The summed E-state index contributed by atoms with van der Waals surface area (Å²) in [5.41, 5.74) is 0.147. The molecule has 0 saturated heterocycles. The third-order valence-electron chi connectivity index (χ3n) is 2.37. The number of halogens is 3. The first-order valence-electron chi connectivity index (χ1n) is 4.92. The standard InChI is InChI=1S/C11H14F3N/c1-3-7(2)15-6-8-4-5-9(12)11(14)10(8)13/h4-5,7,15H,3,6H2,1-2H3. The van der Waals surface area contributed by atoms with E-state index in [0.717, 1.165) is 12.5 Å². The van der Waals surface area contributed by atoms with Gasteiger partial charge in [-0.25, -0.2) is 13.2 Å². The van der Waals surface area contributed by atoms with Crippen molar-refractivity contribution in [3.63, 3.8) is 0 Å². The fourth-order valence-electron chi connectivity index (χ4n) is 1.13. The van der Waals surface area contributed by atoms with Crippen LogP contribution in [0.3, 0.4) is 0 Å². The van der Waals surface area contributed by atoms with E-state index in [4.69, 9.17) is 0 Å². The van der Waals surface area contributed by atoms with Crippen LogP contribution in [0.2, 0.25) is 0 Å². The Labute approximate surface area is 87.3 Å². The molecule has 84 valence electrons. The Bertz CT molecular complexity index is 339. The molecule has 0 heterocycles. The van der Waals surface area contributed by atoms with Crippen LogP contribution in [-0.4, -0.2) is 6.04 Å². The summed E-state index contributed by atoms with van der Waals surface area (Å²) in [5, 5.41) is 3.01. The zero-order valence-corrected chi connectivity index (χ0v) is 8.78. The van der Waals surface area contributed by atoms with E-state index in [2.05, 4.69) is 5.32 Å². The van der Waals surface area contributed by atoms with Gasteiger partial charge < -0.3 is 5.32 Å². The molecule has 0 amide bonds. The highest BCUT2D eigenvalue weighted by molar-refractivity contribution is 5.20. The van der Waals surface area contributed by atoms with Gasteiger partial charge in [0, 0.05) is 18.2 Å². The Kier molecular flexibility index (Phi) is 4.15. The van der Waals surface area contributed by atoms with Crippen molar-refractivity contribution >= 4 is 0 Å². The molecular weight excluding hydrogens is 203 g/mol. The summed E-state index contributed by atoms with van der Waals surface area (Å²) in [5.74, 6) is -3.66. The van der Waals surface area contributed by atoms with Gasteiger partial charge in [0.15, 0.2) is 17.5 Å². The third kappa shape index (κ3) is 2.96. The minimum atomic E-state index is -1.40. The first kappa shape index (κ1) is 12.0. The fourth-order valence-corrected chi connectivity index (χ4v) is 1.13. The van der Waals surface area contributed by atoms with E-state index in [1.807, 2.05) is 13.8 Å². The second kappa shape index (κ2) is 5.16. The van der Waals surface area contributed by atoms with E-state index in [1.54, 1.807) is 0 Å². The van der Waals surface area contributed by atoms with Crippen molar-refractivity contribution in [1.29, 1.82) is 0 Å². The Morgan fingerprint density at radius 2 is 1.87 bits per heavy atom. The van der Waals surface area contributed by atoms with E-state index < -0.39 is 17.5 Å². The lowest BCUT2D eigenvalue weighted by atomic mass is 10.1. The van der Waals surface area contributed by atoms with Crippen LogP contribution >= 0.6 is 0 Å². The molecule has 15 heavy (non-hydrogen) atoms. The molecule has 0 aliphatic rings. The maximum atomic E-state index is 13.2. The topological polar surface area (TPSA) is 12.0 Å². The number of hydrogen-bond donors (Lipinski definition) is 1. The zero-order valence-electron chi connectivity index (χ0n) is 8.78. The molecule has 0 bridgehead atoms. The van der Waals surface area contributed by atoms with Crippen LogP contribution in [0.1, 0.15) is 25.8 Å². The van der Waals surface area contributed by atoms with E-state index in [9.17, 15) is 13.2 Å². The molecule has 1 nitrogen and oxygen atoms in total. The summed E-state index contributed by atoms with van der Waals surface area (Å²) in [7, 11) is 0. The van der Waals surface area contributed by atoms with E-state index in [1.165, 1.54) is 6.07 Å². The van der Waals surface area contributed by atoms with E-state index in [-0.39, 0.29) is 18.2 Å². The molecule has 0 spiro atoms. The first-order valence-corrected chi connectivity index (χ1v) is 4.92. The molecule has 0 aromatic heterocycles. The van der Waals surface area contributed by atoms with Crippen LogP contribution in [0.25, 0.3) is 0 Å². The van der Waals surface area contributed by atoms with Crippen LogP contribution in [0.5, 0.6) is 0 Å². The second-order valence-corrected chi connectivity index (χ2v) is 3.52. The largest absolute Gasteiger partial charge is 0.310 e. The monoisotopic (exact) mass is 217 g/mol. The molecule has 1 aromatic rings. The SMILES string of the molecule is CCC(C)NCc1ccc(F)c(F)c1F. The molecule has 0 radical (unpaired) electrons. The van der Waals surface area contributed by atoms with Gasteiger partial charge in [0.1, 0.15) is 0 Å². The highest BCUT2D eigenvalue weighted by Gasteiger charge is 2.13. The van der Waals surface area contributed by atoms with Crippen molar-refractivity contribution in [1.82, 2.24) is 5.32 Å². The number of benzene rings is 1. The molecule has 0 saturated carbocycles. The first-order chi connectivity index (χ1) is 7.06. The predicted octanol–water partition coefficient (Wildman–Crippen LogP) is 2.99. The normalized spacial score (nSPS) is 12.9. The summed E-state index contributed by atoms with van der Waals surface area (Å²) in [6, 6.07) is 2.41. The van der Waals surface area contributed by atoms with E-state index >= 15 is 0 Å². The van der Waals surface area contributed by atoms with Crippen molar-refractivity contribution in [2.45, 2.75) is 32.9 Å². The predicted molar refractivity (Wildman–Crippen MR) is 52.9 cm³/mol. The summed E-state index contributed by atoms with van der Waals surface area (Å²) in [4.78, 5) is 0. The number of rotatable bonds is 4. The molecule has 4 heteroatoms. The summed E-state index contributed by atoms with van der Waals surface area (Å²) in [6.07, 6.45) is 0.894. The maximum Gasteiger partial charge on any atom is 0.194 e. The van der Waals surface area contributed by atoms with Crippen LogP contribution in [0, 0.1) is 17.5 Å². The maximum absolute atomic E-state index is 13.2. The Morgan fingerprint density at radius 3 is 2.47 bits per heavy atom. The highest BCUT2D eigenvalue weighted by Crippen LogP contribution is 2.15. The molecule has 1 unspecified atom stereocenters. The third-order valence-corrected chi connectivity index (χ3v) is 2.37. The average Bonchev–Trinajstić information content (AvgIpc) is 2.24. The molecule has 1 atom stereocenters. The van der Waals surface area contributed by atoms with Gasteiger partial charge in [0.25, 0.3) is 0 Å². The fraction of sp³-hybridized carbons (Fsp3) is 0.455. The number of nitrogens with one attached hydrogen (secondary N) is 1. The molecule has 0 aliphatic carbocycles. The van der Waals surface area contributed by atoms with Gasteiger partial charge in [0.2, 0.25) is 0 Å². The van der Waals surface area contributed by atoms with Crippen molar-refractivity contribution in [3.8, 4) is 0 Å². The van der Waals surface area contributed by atoms with Gasteiger partial charge in [-0.1, -0.05) is 13.0 Å². The molecule has 0 aliphatic heterocycles. The van der Waals surface area contributed by atoms with Crippen LogP contribution in [0.4, 0.5) is 13.2 Å². The van der Waals surface area contributed by atoms with Crippen LogP contribution < -0.4 is 5.32 Å². The van der Waals surface area contributed by atoms with Crippen molar-refractivity contribution in [2.24, 2.45) is 0 Å². The second-order valence-electron chi connectivity index (χ2n) is 3.52. The molecule has 0 fully saturated rings. The molecule has 1 aromatic carbocycles. The van der Waals surface area contributed by atoms with Crippen molar-refractivity contribution in [2.75, 3.05) is 0 Å². The van der Waals surface area contributed by atoms with Crippen LogP contribution in [0.15, 0.2) is 12.1 Å². The molecular formula is C11H14F3N. The Balaban J connectivity index is 2.74. The zero-order chi connectivity index (χ0) is 11.4. The molecule has 1 N–H and O–H groups in total. The van der Waals surface area contributed by atoms with Gasteiger partial charge in [-0.05, 0) is 19.4 Å². The van der Waals surface area contributed by atoms with Crippen molar-refractivity contribution < 1.29 is 13.2 Å². The summed E-state index contributed by atoms with van der Waals surface area (Å²) in [6.45, 7) is 4.13. The van der Waals surface area contributed by atoms with Gasteiger partial charge in [-0.3, -0.25) is 0 Å². The highest BCUT2D eigenvalue weighted by atomic mass is 19.2. The minimum Gasteiger partial charge on any atom is -0.310 e. The van der Waals surface area contributed by atoms with E-state index in [0.29, 0.717) is 0 Å². The lowest BCUT2D eigenvalue weighted by Crippen LogP contribution is -2.25. The van der Waals surface area contributed by atoms with Gasteiger partial charge in [0.05, 0.1) is 0 Å². The quantitative estimate of drug-likeness (QED) is 0.764. The lowest BCUT2D eigenvalue weighted by molar-refractivity contribution is 0.433. The van der Waals surface area contributed by atoms with Gasteiger partial charge >= 0.3 is 0 Å². The Hall–Kier alpha value is -1.03. The van der Waals surface area contributed by atoms with Crippen LogP contribution in [-0.2, 0) is 6.54 Å². The summed E-state index contributed by atoms with van der Waals surface area (Å²) < 4.78 is 38.6. The smallest absolute Gasteiger partial charge is 0.194 e. The average molecular weight is 217 g/mol. The lowest BCUT2D eigenvalue weighted by Gasteiger charge is -2.11.